The van der Waals surface area contributed by atoms with Crippen LogP contribution in [0.5, 0.6) is 17.4 Å². The smallest absolute Gasteiger partial charge is 0.360 e. The molecule has 0 fully saturated rings. The predicted molar refractivity (Wildman–Crippen MR) is 147 cm³/mol. The first-order valence-corrected chi connectivity index (χ1v) is 14.2. The molecule has 0 aliphatic carbocycles. The number of aromatic nitrogens is 3. The SMILES string of the molecule is CCCCc1nc(=O)c(S(=O)(=O)c2ccc(-c3nc(C(=O)OCC)co3)cc2)c(O)n1-c1c(OC)cccc1OC. The van der Waals surface area contributed by atoms with Crippen LogP contribution in [-0.4, -0.2) is 54.9 Å². The zero-order valence-electron chi connectivity index (χ0n) is 22.9. The molecule has 216 valence electrons. The molecule has 0 saturated carbocycles. The standard InChI is InChI=1S/C28H29N3O9S/c1-5-7-11-22-30-25(32)24(27(33)31(22)23-20(37-3)9-8-10-21(23)38-4)41(35,36)18-14-12-17(13-15-18)26-29-19(16-40-26)28(34)39-6-2/h8-10,12-16,33H,5-7,11H2,1-4H3. The van der Waals surface area contributed by atoms with E-state index in [1.165, 1.54) is 43.1 Å². The molecule has 2 aromatic heterocycles. The summed E-state index contributed by atoms with van der Waals surface area (Å²) in [5, 5.41) is 11.4. The fourth-order valence-corrected chi connectivity index (χ4v) is 5.50. The van der Waals surface area contributed by atoms with Crippen LogP contribution >= 0.6 is 0 Å². The lowest BCUT2D eigenvalue weighted by molar-refractivity contribution is 0.0519. The highest BCUT2D eigenvalue weighted by Crippen LogP contribution is 2.38. The first-order valence-electron chi connectivity index (χ1n) is 12.7. The number of hydrogen-bond acceptors (Lipinski definition) is 11. The van der Waals surface area contributed by atoms with Gasteiger partial charge in [-0.05, 0) is 49.7 Å². The number of benzene rings is 2. The van der Waals surface area contributed by atoms with Crippen molar-refractivity contribution in [3.8, 4) is 34.5 Å². The summed E-state index contributed by atoms with van der Waals surface area (Å²) >= 11 is 0. The van der Waals surface area contributed by atoms with E-state index >= 15 is 0 Å². The van der Waals surface area contributed by atoms with Gasteiger partial charge in [-0.1, -0.05) is 19.4 Å². The van der Waals surface area contributed by atoms with Crippen molar-refractivity contribution in [3.05, 3.63) is 70.6 Å². The molecular weight excluding hydrogens is 554 g/mol. The third kappa shape index (κ3) is 5.66. The quantitative estimate of drug-likeness (QED) is 0.255. The highest BCUT2D eigenvalue weighted by atomic mass is 32.2. The Kier molecular flexibility index (Phi) is 8.77. The highest BCUT2D eigenvalue weighted by molar-refractivity contribution is 7.91. The molecule has 4 rings (SSSR count). The maximum atomic E-state index is 13.7. The van der Waals surface area contributed by atoms with Crippen LogP contribution in [0.2, 0.25) is 0 Å². The molecule has 2 heterocycles. The minimum atomic E-state index is -4.57. The Hall–Kier alpha value is -4.65. The van der Waals surface area contributed by atoms with Crippen molar-refractivity contribution in [1.82, 2.24) is 14.5 Å². The maximum Gasteiger partial charge on any atom is 0.360 e. The molecule has 0 saturated heterocycles. The fraction of sp³-hybridized carbons (Fsp3) is 0.286. The van der Waals surface area contributed by atoms with E-state index in [9.17, 15) is 23.1 Å². The van der Waals surface area contributed by atoms with Crippen LogP contribution in [-0.2, 0) is 21.0 Å². The Morgan fingerprint density at radius 1 is 1.02 bits per heavy atom. The van der Waals surface area contributed by atoms with E-state index in [0.29, 0.717) is 12.0 Å². The Balaban J connectivity index is 1.84. The van der Waals surface area contributed by atoms with Crippen LogP contribution in [0.15, 0.2) is 67.7 Å². The summed E-state index contributed by atoms with van der Waals surface area (Å²) in [7, 11) is -1.74. The van der Waals surface area contributed by atoms with Gasteiger partial charge in [0.05, 0.1) is 25.7 Å². The van der Waals surface area contributed by atoms with Crippen molar-refractivity contribution in [2.75, 3.05) is 20.8 Å². The van der Waals surface area contributed by atoms with Crippen LogP contribution in [0.1, 0.15) is 43.0 Å². The Morgan fingerprint density at radius 2 is 1.68 bits per heavy atom. The van der Waals surface area contributed by atoms with Gasteiger partial charge < -0.3 is 23.7 Å². The number of carbonyl (C=O) groups excluding carboxylic acids is 1. The first kappa shape index (κ1) is 29.3. The molecule has 0 spiro atoms. The second kappa shape index (κ2) is 12.3. The molecular formula is C28H29N3O9S. The Morgan fingerprint density at radius 3 is 2.27 bits per heavy atom. The molecule has 1 N–H and O–H groups in total. The minimum absolute atomic E-state index is 0.0370. The molecule has 0 atom stereocenters. The molecule has 41 heavy (non-hydrogen) atoms. The molecule has 0 aliphatic heterocycles. The number of hydrogen-bond donors (Lipinski definition) is 1. The van der Waals surface area contributed by atoms with E-state index in [1.54, 1.807) is 25.1 Å². The second-order valence-electron chi connectivity index (χ2n) is 8.72. The summed E-state index contributed by atoms with van der Waals surface area (Å²) in [5.41, 5.74) is -0.575. The molecule has 0 bridgehead atoms. The van der Waals surface area contributed by atoms with Crippen molar-refractivity contribution in [2.45, 2.75) is 42.9 Å². The topological polar surface area (TPSA) is 160 Å². The number of rotatable bonds is 11. The van der Waals surface area contributed by atoms with E-state index in [-0.39, 0.29) is 52.5 Å². The first-order chi connectivity index (χ1) is 19.7. The van der Waals surface area contributed by atoms with Gasteiger partial charge in [-0.25, -0.2) is 18.2 Å². The molecule has 13 heteroatoms. The van der Waals surface area contributed by atoms with Crippen molar-refractivity contribution >= 4 is 15.8 Å². The molecule has 2 aromatic carbocycles. The minimum Gasteiger partial charge on any atom is -0.494 e. The second-order valence-corrected chi connectivity index (χ2v) is 10.6. The number of unbranched alkanes of at least 4 members (excludes halogenated alkanes) is 1. The summed E-state index contributed by atoms with van der Waals surface area (Å²) in [6, 6.07) is 10.2. The third-order valence-corrected chi connectivity index (χ3v) is 7.93. The van der Waals surface area contributed by atoms with Crippen molar-refractivity contribution in [1.29, 1.82) is 0 Å². The van der Waals surface area contributed by atoms with Crippen LogP contribution in [0.3, 0.4) is 0 Å². The van der Waals surface area contributed by atoms with Gasteiger partial charge >= 0.3 is 5.97 Å². The third-order valence-electron chi connectivity index (χ3n) is 6.15. The lowest BCUT2D eigenvalue weighted by Crippen LogP contribution is -2.25. The molecule has 0 radical (unpaired) electrons. The van der Waals surface area contributed by atoms with Gasteiger partial charge in [0, 0.05) is 12.0 Å². The summed E-state index contributed by atoms with van der Waals surface area (Å²) in [5.74, 6) is -0.739. The van der Waals surface area contributed by atoms with Crippen LogP contribution < -0.4 is 15.0 Å². The van der Waals surface area contributed by atoms with E-state index in [4.69, 9.17) is 18.6 Å². The monoisotopic (exact) mass is 583 g/mol. The van der Waals surface area contributed by atoms with Crippen LogP contribution in [0, 0.1) is 0 Å². The number of nitrogens with zero attached hydrogens (tertiary/aromatic N) is 3. The lowest BCUT2D eigenvalue weighted by Gasteiger charge is -2.21. The number of esters is 1. The largest absolute Gasteiger partial charge is 0.494 e. The Labute approximate surface area is 236 Å². The number of aromatic hydroxyl groups is 1. The fourth-order valence-electron chi connectivity index (χ4n) is 4.16. The number of ether oxygens (including phenoxy) is 3. The number of aryl methyl sites for hydroxylation is 1. The van der Waals surface area contributed by atoms with Crippen molar-refractivity contribution in [3.63, 3.8) is 0 Å². The lowest BCUT2D eigenvalue weighted by atomic mass is 10.2. The normalized spacial score (nSPS) is 11.3. The van der Waals surface area contributed by atoms with E-state index in [1.807, 2.05) is 6.92 Å². The maximum absolute atomic E-state index is 13.7. The zero-order chi connectivity index (χ0) is 29.7. The van der Waals surface area contributed by atoms with Gasteiger partial charge in [0.15, 0.2) is 10.6 Å². The predicted octanol–water partition coefficient (Wildman–Crippen LogP) is 3.96. The highest BCUT2D eigenvalue weighted by Gasteiger charge is 2.32. The number of carbonyl (C=O) groups is 1. The molecule has 4 aromatic rings. The number of methoxy groups -OCH3 is 2. The zero-order valence-corrected chi connectivity index (χ0v) is 23.7. The molecule has 0 amide bonds. The van der Waals surface area contributed by atoms with E-state index < -0.39 is 32.1 Å². The van der Waals surface area contributed by atoms with Gasteiger partial charge in [0.1, 0.15) is 29.3 Å². The van der Waals surface area contributed by atoms with Gasteiger partial charge in [-0.2, -0.15) is 4.98 Å². The molecule has 0 aliphatic rings. The van der Waals surface area contributed by atoms with Crippen molar-refractivity contribution < 1.29 is 36.9 Å². The van der Waals surface area contributed by atoms with E-state index in [0.717, 1.165) is 12.7 Å². The van der Waals surface area contributed by atoms with Gasteiger partial charge in [-0.15, -0.1) is 0 Å². The number of oxazole rings is 1. The van der Waals surface area contributed by atoms with Crippen molar-refractivity contribution in [2.24, 2.45) is 0 Å². The van der Waals surface area contributed by atoms with Crippen LogP contribution in [0.4, 0.5) is 0 Å². The number of sulfone groups is 1. The van der Waals surface area contributed by atoms with Crippen LogP contribution in [0.25, 0.3) is 17.1 Å². The summed E-state index contributed by atoms with van der Waals surface area (Å²) in [4.78, 5) is 32.0. The van der Waals surface area contributed by atoms with Gasteiger partial charge in [-0.3, -0.25) is 9.36 Å². The van der Waals surface area contributed by atoms with E-state index in [2.05, 4.69) is 9.97 Å². The average Bonchev–Trinajstić information content (AvgIpc) is 3.46. The summed E-state index contributed by atoms with van der Waals surface area (Å²) < 4.78 is 49.8. The van der Waals surface area contributed by atoms with Gasteiger partial charge in [0.25, 0.3) is 5.56 Å². The molecule has 12 nitrogen and oxygen atoms in total. The summed E-state index contributed by atoms with van der Waals surface area (Å²) in [6.07, 6.45) is 2.79. The summed E-state index contributed by atoms with van der Waals surface area (Å²) in [6.45, 7) is 3.77. The number of para-hydroxylation sites is 1. The van der Waals surface area contributed by atoms with Gasteiger partial charge in [0.2, 0.25) is 21.6 Å². The average molecular weight is 584 g/mol. The Bertz CT molecular complexity index is 1700. The molecule has 0 unspecified atom stereocenters.